The van der Waals surface area contributed by atoms with Gasteiger partial charge in [-0.2, -0.15) is 0 Å². The van der Waals surface area contributed by atoms with E-state index in [1.165, 1.54) is 0 Å². The molecule has 0 saturated carbocycles. The van der Waals surface area contributed by atoms with Gasteiger partial charge in [-0.3, -0.25) is 4.79 Å². The number of piperidine rings is 1. The summed E-state index contributed by atoms with van der Waals surface area (Å²) >= 11 is 0. The Bertz CT molecular complexity index is 816. The van der Waals surface area contributed by atoms with Gasteiger partial charge in [-0.1, -0.05) is 18.2 Å². The highest BCUT2D eigenvalue weighted by Crippen LogP contribution is 2.36. The van der Waals surface area contributed by atoms with E-state index in [1.807, 2.05) is 43.3 Å². The Hall–Kier alpha value is -2.73. The van der Waals surface area contributed by atoms with Gasteiger partial charge in [0.2, 0.25) is 12.7 Å². The molecule has 1 amide bonds. The molecule has 0 atom stereocenters. The molecule has 1 fully saturated rings. The molecule has 0 radical (unpaired) electrons. The Labute approximate surface area is 159 Å². The van der Waals surface area contributed by atoms with Crippen LogP contribution < -0.4 is 25.0 Å². The Balaban J connectivity index is 1.24. The largest absolute Gasteiger partial charge is 0.454 e. The van der Waals surface area contributed by atoms with E-state index in [1.54, 1.807) is 0 Å². The second kappa shape index (κ2) is 7.88. The van der Waals surface area contributed by atoms with Crippen LogP contribution in [-0.2, 0) is 4.79 Å². The number of carbonyl (C=O) groups excluding carboxylic acids is 1. The van der Waals surface area contributed by atoms with E-state index in [0.717, 1.165) is 54.4 Å². The van der Waals surface area contributed by atoms with Crippen molar-refractivity contribution in [1.29, 1.82) is 0 Å². The highest BCUT2D eigenvalue weighted by atomic mass is 16.7. The molecule has 2 N–H and O–H groups in total. The summed E-state index contributed by atoms with van der Waals surface area (Å²) < 4.78 is 10.8. The van der Waals surface area contributed by atoms with Gasteiger partial charge in [-0.15, -0.1) is 0 Å². The van der Waals surface area contributed by atoms with Crippen molar-refractivity contribution in [2.75, 3.05) is 36.6 Å². The van der Waals surface area contributed by atoms with Crippen molar-refractivity contribution in [3.63, 3.8) is 0 Å². The molecular formula is C21H25N3O3. The minimum Gasteiger partial charge on any atom is -0.454 e. The van der Waals surface area contributed by atoms with Crippen LogP contribution in [0.25, 0.3) is 0 Å². The van der Waals surface area contributed by atoms with Crippen LogP contribution in [-0.4, -0.2) is 38.4 Å². The predicted molar refractivity (Wildman–Crippen MR) is 106 cm³/mol. The molecule has 2 heterocycles. The van der Waals surface area contributed by atoms with Crippen LogP contribution in [0.2, 0.25) is 0 Å². The van der Waals surface area contributed by atoms with Gasteiger partial charge in [-0.05, 0) is 43.5 Å². The van der Waals surface area contributed by atoms with Crippen molar-refractivity contribution in [1.82, 2.24) is 5.32 Å². The van der Waals surface area contributed by atoms with E-state index in [0.29, 0.717) is 19.4 Å². The maximum Gasteiger partial charge on any atom is 0.238 e. The van der Waals surface area contributed by atoms with E-state index in [4.69, 9.17) is 9.47 Å². The second-order valence-corrected chi connectivity index (χ2v) is 7.04. The monoisotopic (exact) mass is 367 g/mol. The van der Waals surface area contributed by atoms with Gasteiger partial charge < -0.3 is 25.0 Å². The smallest absolute Gasteiger partial charge is 0.238 e. The molecule has 0 spiro atoms. The van der Waals surface area contributed by atoms with E-state index < -0.39 is 0 Å². The lowest BCUT2D eigenvalue weighted by atomic mass is 10.0. The first-order valence-corrected chi connectivity index (χ1v) is 9.42. The van der Waals surface area contributed by atoms with Crippen molar-refractivity contribution < 1.29 is 14.3 Å². The zero-order valence-corrected chi connectivity index (χ0v) is 15.5. The number of para-hydroxylation sites is 1. The first-order valence-electron chi connectivity index (χ1n) is 9.42. The highest BCUT2D eigenvalue weighted by Gasteiger charge is 2.22. The van der Waals surface area contributed by atoms with Crippen LogP contribution in [0.3, 0.4) is 0 Å². The number of rotatable bonds is 5. The van der Waals surface area contributed by atoms with Crippen LogP contribution in [0.1, 0.15) is 18.4 Å². The van der Waals surface area contributed by atoms with Crippen LogP contribution in [0.5, 0.6) is 11.5 Å². The van der Waals surface area contributed by atoms with Gasteiger partial charge in [0, 0.05) is 36.6 Å². The molecule has 1 saturated heterocycles. The average molecular weight is 367 g/mol. The third-order valence-corrected chi connectivity index (χ3v) is 5.19. The first-order chi connectivity index (χ1) is 13.2. The summed E-state index contributed by atoms with van der Waals surface area (Å²) in [5, 5.41) is 6.36. The minimum absolute atomic E-state index is 0.00232. The standard InChI is InChI=1S/C21H25N3O3/c1-15-4-2-3-5-18(15)23-21(25)13-22-16-8-10-24(11-9-16)17-6-7-19-20(12-17)27-14-26-19/h2-7,12,16,22H,8-11,13-14H2,1H3,(H,23,25). The molecule has 0 aromatic heterocycles. The Kier molecular flexibility index (Phi) is 5.16. The summed E-state index contributed by atoms with van der Waals surface area (Å²) in [4.78, 5) is 14.5. The first kappa shape index (κ1) is 17.7. The number of fused-ring (bicyclic) bond motifs is 1. The topological polar surface area (TPSA) is 62.8 Å². The number of nitrogens with one attached hydrogen (secondary N) is 2. The number of carbonyl (C=O) groups is 1. The van der Waals surface area contributed by atoms with Crippen molar-refractivity contribution in [2.45, 2.75) is 25.8 Å². The Morgan fingerprint density at radius 2 is 1.89 bits per heavy atom. The highest BCUT2D eigenvalue weighted by molar-refractivity contribution is 5.92. The SMILES string of the molecule is Cc1ccccc1NC(=O)CNC1CCN(c2ccc3c(c2)OCO3)CC1. The summed E-state index contributed by atoms with van der Waals surface area (Å²) in [7, 11) is 0. The van der Waals surface area contributed by atoms with E-state index >= 15 is 0 Å². The minimum atomic E-state index is 0.00232. The van der Waals surface area contributed by atoms with Gasteiger partial charge >= 0.3 is 0 Å². The van der Waals surface area contributed by atoms with Gasteiger partial charge in [0.05, 0.1) is 6.54 Å². The van der Waals surface area contributed by atoms with Crippen molar-refractivity contribution in [2.24, 2.45) is 0 Å². The zero-order chi connectivity index (χ0) is 18.6. The Morgan fingerprint density at radius 3 is 2.70 bits per heavy atom. The quantitative estimate of drug-likeness (QED) is 0.851. The number of aryl methyl sites for hydroxylation is 1. The third-order valence-electron chi connectivity index (χ3n) is 5.19. The summed E-state index contributed by atoms with van der Waals surface area (Å²) in [6.45, 7) is 4.54. The number of anilines is 2. The molecule has 0 bridgehead atoms. The molecule has 6 heteroatoms. The number of nitrogens with zero attached hydrogens (tertiary/aromatic N) is 1. The fraction of sp³-hybridized carbons (Fsp3) is 0.381. The maximum absolute atomic E-state index is 12.2. The van der Waals surface area contributed by atoms with E-state index in [9.17, 15) is 4.79 Å². The van der Waals surface area contributed by atoms with Crippen molar-refractivity contribution in [3.05, 3.63) is 48.0 Å². The molecular weight excluding hydrogens is 342 g/mol. The predicted octanol–water partition coefficient (Wildman–Crippen LogP) is 2.92. The lowest BCUT2D eigenvalue weighted by Crippen LogP contribution is -2.44. The lowest BCUT2D eigenvalue weighted by molar-refractivity contribution is -0.115. The van der Waals surface area contributed by atoms with Gasteiger partial charge in [-0.25, -0.2) is 0 Å². The van der Waals surface area contributed by atoms with Crippen molar-refractivity contribution >= 4 is 17.3 Å². The molecule has 2 aromatic carbocycles. The number of amides is 1. The third kappa shape index (κ3) is 4.17. The van der Waals surface area contributed by atoms with Gasteiger partial charge in [0.25, 0.3) is 0 Å². The summed E-state index contributed by atoms with van der Waals surface area (Å²) in [6.07, 6.45) is 2.01. The Morgan fingerprint density at radius 1 is 1.11 bits per heavy atom. The molecule has 142 valence electrons. The average Bonchev–Trinajstić information content (AvgIpc) is 3.16. The molecule has 2 aliphatic heterocycles. The number of hydrogen-bond acceptors (Lipinski definition) is 5. The number of benzene rings is 2. The normalized spacial score (nSPS) is 16.4. The second-order valence-electron chi connectivity index (χ2n) is 7.04. The summed E-state index contributed by atoms with van der Waals surface area (Å²) in [5.41, 5.74) is 3.11. The van der Waals surface area contributed by atoms with Crippen LogP contribution in [0.15, 0.2) is 42.5 Å². The molecule has 0 aliphatic carbocycles. The number of hydrogen-bond donors (Lipinski definition) is 2. The molecule has 4 rings (SSSR count). The maximum atomic E-state index is 12.2. The zero-order valence-electron chi connectivity index (χ0n) is 15.5. The molecule has 0 unspecified atom stereocenters. The lowest BCUT2D eigenvalue weighted by Gasteiger charge is -2.34. The molecule has 2 aromatic rings. The van der Waals surface area contributed by atoms with Crippen molar-refractivity contribution in [3.8, 4) is 11.5 Å². The van der Waals surface area contributed by atoms with Crippen LogP contribution in [0.4, 0.5) is 11.4 Å². The fourth-order valence-corrected chi connectivity index (χ4v) is 3.57. The van der Waals surface area contributed by atoms with E-state index in [-0.39, 0.29) is 5.91 Å². The molecule has 27 heavy (non-hydrogen) atoms. The van der Waals surface area contributed by atoms with Crippen LogP contribution in [0, 0.1) is 6.92 Å². The summed E-state index contributed by atoms with van der Waals surface area (Å²) in [5.74, 6) is 1.64. The molecule has 2 aliphatic rings. The van der Waals surface area contributed by atoms with Gasteiger partial charge in [0.1, 0.15) is 0 Å². The fourth-order valence-electron chi connectivity index (χ4n) is 3.57. The molecule has 6 nitrogen and oxygen atoms in total. The number of ether oxygens (including phenoxy) is 2. The van der Waals surface area contributed by atoms with E-state index in [2.05, 4.69) is 21.6 Å². The van der Waals surface area contributed by atoms with Gasteiger partial charge in [0.15, 0.2) is 11.5 Å². The summed E-state index contributed by atoms with van der Waals surface area (Å²) in [6, 6.07) is 14.3. The van der Waals surface area contributed by atoms with Crippen LogP contribution >= 0.6 is 0 Å².